The molecule has 0 saturated carbocycles. The molecule has 0 amide bonds. The molecule has 1 heterocycles. The molecule has 1 aromatic rings. The lowest BCUT2D eigenvalue weighted by Gasteiger charge is -2.17. The molecule has 0 aromatic carbocycles. The second-order valence-electron chi connectivity index (χ2n) is 4.04. The normalized spacial score (nSPS) is 12.9. The molecule has 1 N–H and O–H groups in total. The number of hydrogen-bond acceptors (Lipinski definition) is 3. The smallest absolute Gasteiger partial charge is 0.0622 e. The third kappa shape index (κ3) is 4.77. The molecule has 92 valence electrons. The summed E-state index contributed by atoms with van der Waals surface area (Å²) in [5.41, 5.74) is 1.26. The maximum Gasteiger partial charge on any atom is 0.0622 e. The van der Waals surface area contributed by atoms with E-state index in [1.54, 1.807) is 0 Å². The highest BCUT2D eigenvalue weighted by Gasteiger charge is 2.09. The van der Waals surface area contributed by atoms with Gasteiger partial charge in [0.1, 0.15) is 0 Å². The van der Waals surface area contributed by atoms with E-state index in [1.807, 2.05) is 24.9 Å². The average Bonchev–Trinajstić information content (AvgIpc) is 2.68. The van der Waals surface area contributed by atoms with Gasteiger partial charge in [0.05, 0.1) is 12.8 Å². The van der Waals surface area contributed by atoms with Crippen LogP contribution in [-0.4, -0.2) is 35.6 Å². The van der Waals surface area contributed by atoms with Crippen molar-refractivity contribution in [2.45, 2.75) is 32.7 Å². The number of rotatable bonds is 8. The van der Waals surface area contributed by atoms with Crippen LogP contribution in [0.4, 0.5) is 0 Å². The summed E-state index contributed by atoms with van der Waals surface area (Å²) in [5.74, 6) is 0. The van der Waals surface area contributed by atoms with Gasteiger partial charge >= 0.3 is 0 Å². The average molecular weight is 225 g/mol. The van der Waals surface area contributed by atoms with Gasteiger partial charge in [-0.1, -0.05) is 6.92 Å². The first-order chi connectivity index (χ1) is 7.76. The standard InChI is InChI=1S/C12H23N3O/c1-4-6-13-12(10-16-5-2)7-11-8-14-15(3)9-11/h8-9,12-13H,4-7,10H2,1-3H3. The van der Waals surface area contributed by atoms with Gasteiger partial charge in [-0.15, -0.1) is 0 Å². The first kappa shape index (κ1) is 13.2. The number of ether oxygens (including phenoxy) is 1. The molecule has 1 unspecified atom stereocenters. The zero-order valence-electron chi connectivity index (χ0n) is 10.6. The lowest BCUT2D eigenvalue weighted by molar-refractivity contribution is 0.122. The molecule has 0 spiro atoms. The van der Waals surface area contributed by atoms with E-state index < -0.39 is 0 Å². The fourth-order valence-corrected chi connectivity index (χ4v) is 1.66. The van der Waals surface area contributed by atoms with Crippen molar-refractivity contribution in [3.8, 4) is 0 Å². The Morgan fingerprint density at radius 3 is 2.88 bits per heavy atom. The fourth-order valence-electron chi connectivity index (χ4n) is 1.66. The highest BCUT2D eigenvalue weighted by molar-refractivity contribution is 5.05. The van der Waals surface area contributed by atoms with E-state index in [2.05, 4.69) is 23.5 Å². The first-order valence-electron chi connectivity index (χ1n) is 6.04. The fraction of sp³-hybridized carbons (Fsp3) is 0.750. The summed E-state index contributed by atoms with van der Waals surface area (Å²) in [6.07, 6.45) is 6.11. The molecule has 0 radical (unpaired) electrons. The van der Waals surface area contributed by atoms with E-state index in [9.17, 15) is 0 Å². The molecular weight excluding hydrogens is 202 g/mol. The second-order valence-corrected chi connectivity index (χ2v) is 4.04. The van der Waals surface area contributed by atoms with Gasteiger partial charge in [-0.3, -0.25) is 4.68 Å². The van der Waals surface area contributed by atoms with Crippen molar-refractivity contribution in [2.75, 3.05) is 19.8 Å². The van der Waals surface area contributed by atoms with Crippen molar-refractivity contribution in [3.05, 3.63) is 18.0 Å². The Labute approximate surface area is 98.0 Å². The first-order valence-corrected chi connectivity index (χ1v) is 6.04. The molecule has 0 aliphatic rings. The molecule has 0 fully saturated rings. The predicted octanol–water partition coefficient (Wildman–Crippen LogP) is 1.37. The van der Waals surface area contributed by atoms with Gasteiger partial charge < -0.3 is 10.1 Å². The van der Waals surface area contributed by atoms with Crippen molar-refractivity contribution in [1.82, 2.24) is 15.1 Å². The molecule has 4 heteroatoms. The Morgan fingerprint density at radius 2 is 2.31 bits per heavy atom. The van der Waals surface area contributed by atoms with Crippen LogP contribution in [0.5, 0.6) is 0 Å². The minimum atomic E-state index is 0.393. The molecule has 0 saturated heterocycles. The molecule has 1 aromatic heterocycles. The van der Waals surface area contributed by atoms with E-state index in [0.29, 0.717) is 6.04 Å². The van der Waals surface area contributed by atoms with Crippen LogP contribution in [0.3, 0.4) is 0 Å². The third-order valence-electron chi connectivity index (χ3n) is 2.45. The Hall–Kier alpha value is -0.870. The molecule has 1 rings (SSSR count). The zero-order chi connectivity index (χ0) is 11.8. The molecule has 0 bridgehead atoms. The minimum absolute atomic E-state index is 0.393. The summed E-state index contributed by atoms with van der Waals surface area (Å²) in [7, 11) is 1.94. The van der Waals surface area contributed by atoms with E-state index in [-0.39, 0.29) is 0 Å². The van der Waals surface area contributed by atoms with Gasteiger partial charge in [0.25, 0.3) is 0 Å². The quantitative estimate of drug-likeness (QED) is 0.726. The highest BCUT2D eigenvalue weighted by Crippen LogP contribution is 2.02. The summed E-state index contributed by atoms with van der Waals surface area (Å²) >= 11 is 0. The number of hydrogen-bond donors (Lipinski definition) is 1. The summed E-state index contributed by atoms with van der Waals surface area (Å²) < 4.78 is 7.32. The van der Waals surface area contributed by atoms with Gasteiger partial charge in [0, 0.05) is 25.9 Å². The van der Waals surface area contributed by atoms with Crippen molar-refractivity contribution in [2.24, 2.45) is 7.05 Å². The van der Waals surface area contributed by atoms with E-state index in [0.717, 1.165) is 32.6 Å². The summed E-state index contributed by atoms with van der Waals surface area (Å²) in [5, 5.41) is 7.68. The van der Waals surface area contributed by atoms with Gasteiger partial charge in [-0.25, -0.2) is 0 Å². The topological polar surface area (TPSA) is 39.1 Å². The molecular formula is C12H23N3O. The van der Waals surface area contributed by atoms with Crippen molar-refractivity contribution in [3.63, 3.8) is 0 Å². The predicted molar refractivity (Wildman–Crippen MR) is 65.5 cm³/mol. The number of nitrogens with zero attached hydrogens (tertiary/aromatic N) is 2. The van der Waals surface area contributed by atoms with E-state index >= 15 is 0 Å². The van der Waals surface area contributed by atoms with Gasteiger partial charge in [0.2, 0.25) is 0 Å². The zero-order valence-corrected chi connectivity index (χ0v) is 10.6. The SMILES string of the molecule is CCCNC(COCC)Cc1cnn(C)c1. The van der Waals surface area contributed by atoms with Crippen LogP contribution in [0.25, 0.3) is 0 Å². The lowest BCUT2D eigenvalue weighted by atomic mass is 10.1. The summed E-state index contributed by atoms with van der Waals surface area (Å²) in [4.78, 5) is 0. The van der Waals surface area contributed by atoms with Gasteiger partial charge in [-0.2, -0.15) is 5.10 Å². The highest BCUT2D eigenvalue weighted by atomic mass is 16.5. The maximum absolute atomic E-state index is 5.48. The van der Waals surface area contributed by atoms with Crippen LogP contribution < -0.4 is 5.32 Å². The van der Waals surface area contributed by atoms with Gasteiger partial charge in [-0.05, 0) is 31.9 Å². The number of aryl methyl sites for hydroxylation is 1. The van der Waals surface area contributed by atoms with E-state index in [4.69, 9.17) is 4.74 Å². The minimum Gasteiger partial charge on any atom is -0.380 e. The molecule has 0 aliphatic heterocycles. The Balaban J connectivity index is 2.41. The van der Waals surface area contributed by atoms with Crippen LogP contribution in [0.15, 0.2) is 12.4 Å². The number of nitrogens with one attached hydrogen (secondary N) is 1. The largest absolute Gasteiger partial charge is 0.380 e. The molecule has 0 aliphatic carbocycles. The van der Waals surface area contributed by atoms with Crippen LogP contribution in [0.2, 0.25) is 0 Å². The molecule has 4 nitrogen and oxygen atoms in total. The maximum atomic E-state index is 5.48. The van der Waals surface area contributed by atoms with Crippen LogP contribution in [0.1, 0.15) is 25.8 Å². The van der Waals surface area contributed by atoms with Crippen LogP contribution in [0, 0.1) is 0 Å². The Kier molecular flexibility index (Phi) is 6.11. The van der Waals surface area contributed by atoms with Crippen molar-refractivity contribution in [1.29, 1.82) is 0 Å². The summed E-state index contributed by atoms with van der Waals surface area (Å²) in [6.45, 7) is 6.79. The third-order valence-corrected chi connectivity index (χ3v) is 2.45. The molecule has 16 heavy (non-hydrogen) atoms. The van der Waals surface area contributed by atoms with Crippen molar-refractivity contribution < 1.29 is 4.74 Å². The Morgan fingerprint density at radius 1 is 1.50 bits per heavy atom. The monoisotopic (exact) mass is 225 g/mol. The van der Waals surface area contributed by atoms with Crippen molar-refractivity contribution >= 4 is 0 Å². The van der Waals surface area contributed by atoms with Gasteiger partial charge in [0.15, 0.2) is 0 Å². The second kappa shape index (κ2) is 7.41. The summed E-state index contributed by atoms with van der Waals surface area (Å²) in [6, 6.07) is 0.393. The number of aromatic nitrogens is 2. The molecule has 1 atom stereocenters. The lowest BCUT2D eigenvalue weighted by Crippen LogP contribution is -2.36. The van der Waals surface area contributed by atoms with Crippen LogP contribution in [-0.2, 0) is 18.2 Å². The van der Waals surface area contributed by atoms with E-state index in [1.165, 1.54) is 5.56 Å². The Bertz CT molecular complexity index is 278. The van der Waals surface area contributed by atoms with Crippen LogP contribution >= 0.6 is 0 Å².